The van der Waals surface area contributed by atoms with Crippen molar-refractivity contribution in [3.05, 3.63) is 87.9 Å². The van der Waals surface area contributed by atoms with Gasteiger partial charge in [0.15, 0.2) is 11.5 Å². The second-order valence-electron chi connectivity index (χ2n) is 10.2. The second kappa shape index (κ2) is 14.8. The SMILES string of the molecule is CCCNC(=O)[C@H](Cc1ccccc1)N(Cc1ccc(Cl)c(Cl)c1)C(=O)CCCN(c1ccc2c(c1)OCO2)S(C)(=O)=O. The summed E-state index contributed by atoms with van der Waals surface area (Å²) in [7, 11) is -3.67. The number of hydrogen-bond acceptors (Lipinski definition) is 6. The Labute approximate surface area is 262 Å². The van der Waals surface area contributed by atoms with E-state index < -0.39 is 16.1 Å². The average molecular weight is 649 g/mol. The molecule has 0 radical (unpaired) electrons. The molecule has 9 nitrogen and oxygen atoms in total. The van der Waals surface area contributed by atoms with E-state index in [2.05, 4.69) is 5.32 Å². The van der Waals surface area contributed by atoms with Crippen molar-refractivity contribution in [3.63, 3.8) is 0 Å². The van der Waals surface area contributed by atoms with E-state index in [1.165, 1.54) is 4.31 Å². The summed E-state index contributed by atoms with van der Waals surface area (Å²) in [6, 6.07) is 18.7. The number of ether oxygens (including phenoxy) is 2. The van der Waals surface area contributed by atoms with Crippen LogP contribution in [0.2, 0.25) is 10.0 Å². The maximum Gasteiger partial charge on any atom is 0.243 e. The first-order valence-electron chi connectivity index (χ1n) is 14.0. The van der Waals surface area contributed by atoms with Crippen LogP contribution in [0.25, 0.3) is 0 Å². The van der Waals surface area contributed by atoms with Crippen molar-refractivity contribution in [3.8, 4) is 11.5 Å². The number of nitrogens with zero attached hydrogens (tertiary/aromatic N) is 2. The summed E-state index contributed by atoms with van der Waals surface area (Å²) in [6.45, 7) is 2.66. The summed E-state index contributed by atoms with van der Waals surface area (Å²) in [5, 5.41) is 3.67. The number of fused-ring (bicyclic) bond motifs is 1. The van der Waals surface area contributed by atoms with Crippen LogP contribution >= 0.6 is 23.2 Å². The first kappa shape index (κ1) is 32.4. The third kappa shape index (κ3) is 8.78. The Morgan fingerprint density at radius 3 is 2.40 bits per heavy atom. The first-order valence-corrected chi connectivity index (χ1v) is 16.6. The fraction of sp³-hybridized carbons (Fsp3) is 0.355. The molecule has 0 saturated heterocycles. The van der Waals surface area contributed by atoms with Gasteiger partial charge in [-0.15, -0.1) is 0 Å². The van der Waals surface area contributed by atoms with Crippen molar-refractivity contribution in [1.82, 2.24) is 10.2 Å². The highest BCUT2D eigenvalue weighted by Gasteiger charge is 2.31. The van der Waals surface area contributed by atoms with Crippen molar-refractivity contribution >= 4 is 50.7 Å². The van der Waals surface area contributed by atoms with Crippen LogP contribution in [0.5, 0.6) is 11.5 Å². The fourth-order valence-electron chi connectivity index (χ4n) is 4.80. The molecule has 1 atom stereocenters. The van der Waals surface area contributed by atoms with Crippen molar-refractivity contribution in [2.75, 3.05) is 30.4 Å². The van der Waals surface area contributed by atoms with Crippen LogP contribution in [0.1, 0.15) is 37.3 Å². The molecule has 1 aliphatic heterocycles. The van der Waals surface area contributed by atoms with Gasteiger partial charge in [0.25, 0.3) is 0 Å². The van der Waals surface area contributed by atoms with Gasteiger partial charge in [0, 0.05) is 38.5 Å². The Hall–Kier alpha value is -3.47. The van der Waals surface area contributed by atoms with E-state index >= 15 is 0 Å². The number of benzene rings is 3. The van der Waals surface area contributed by atoms with E-state index in [-0.39, 0.29) is 44.5 Å². The summed E-state index contributed by atoms with van der Waals surface area (Å²) in [4.78, 5) is 29.0. The van der Waals surface area contributed by atoms with E-state index in [4.69, 9.17) is 32.7 Å². The molecule has 0 aromatic heterocycles. The molecule has 12 heteroatoms. The highest BCUT2D eigenvalue weighted by Crippen LogP contribution is 2.36. The highest BCUT2D eigenvalue weighted by atomic mass is 35.5. The van der Waals surface area contributed by atoms with E-state index in [1.54, 1.807) is 41.3 Å². The smallest absolute Gasteiger partial charge is 0.243 e. The molecule has 0 saturated carbocycles. The van der Waals surface area contributed by atoms with E-state index in [0.29, 0.717) is 45.8 Å². The summed E-state index contributed by atoms with van der Waals surface area (Å²) < 4.78 is 37.4. The minimum Gasteiger partial charge on any atom is -0.454 e. The first-order chi connectivity index (χ1) is 20.6. The van der Waals surface area contributed by atoms with Gasteiger partial charge in [0.05, 0.1) is 22.0 Å². The predicted octanol–water partition coefficient (Wildman–Crippen LogP) is 5.43. The standard InChI is InChI=1S/C31H35Cl2N3O6S/c1-3-15-34-31(38)27(18-22-8-5-4-6-9-22)35(20-23-11-13-25(32)26(33)17-23)30(37)10-7-16-36(43(2,39)40)24-12-14-28-29(19-24)42-21-41-28/h4-6,8-9,11-14,17,19,27H,3,7,10,15-16,18,20-21H2,1-2H3,(H,34,38)/t27-/m0/s1. The summed E-state index contributed by atoms with van der Waals surface area (Å²) in [5.41, 5.74) is 2.02. The molecule has 230 valence electrons. The molecule has 3 aromatic carbocycles. The monoisotopic (exact) mass is 647 g/mol. The molecule has 0 unspecified atom stereocenters. The Morgan fingerprint density at radius 2 is 1.70 bits per heavy atom. The Balaban J connectivity index is 1.58. The Kier molecular flexibility index (Phi) is 11.2. The number of halogens is 2. The lowest BCUT2D eigenvalue weighted by Gasteiger charge is -2.32. The van der Waals surface area contributed by atoms with Crippen LogP contribution in [-0.4, -0.2) is 57.3 Å². The third-order valence-corrected chi connectivity index (χ3v) is 8.89. The van der Waals surface area contributed by atoms with Crippen LogP contribution in [-0.2, 0) is 32.6 Å². The van der Waals surface area contributed by atoms with Gasteiger partial charge in [0.2, 0.25) is 28.6 Å². The lowest BCUT2D eigenvalue weighted by molar-refractivity contribution is -0.141. The molecule has 3 aromatic rings. The van der Waals surface area contributed by atoms with Gasteiger partial charge in [-0.2, -0.15) is 0 Å². The van der Waals surface area contributed by atoms with Crippen molar-refractivity contribution in [2.45, 2.75) is 45.2 Å². The largest absolute Gasteiger partial charge is 0.454 e. The van der Waals surface area contributed by atoms with E-state index in [9.17, 15) is 18.0 Å². The van der Waals surface area contributed by atoms with Crippen LogP contribution in [0.3, 0.4) is 0 Å². The molecule has 0 bridgehead atoms. The zero-order valence-electron chi connectivity index (χ0n) is 24.1. The topological polar surface area (TPSA) is 105 Å². The summed E-state index contributed by atoms with van der Waals surface area (Å²) >= 11 is 12.4. The number of rotatable bonds is 14. The maximum absolute atomic E-state index is 13.9. The van der Waals surface area contributed by atoms with Crippen LogP contribution in [0.15, 0.2) is 66.7 Å². The molecule has 2 amide bonds. The number of carbonyl (C=O) groups excluding carboxylic acids is 2. The van der Waals surface area contributed by atoms with Crippen LogP contribution < -0.4 is 19.1 Å². The second-order valence-corrected chi connectivity index (χ2v) is 13.0. The normalized spacial score (nSPS) is 12.9. The minimum atomic E-state index is -3.67. The minimum absolute atomic E-state index is 0.00421. The van der Waals surface area contributed by atoms with E-state index in [0.717, 1.165) is 18.2 Å². The third-order valence-electron chi connectivity index (χ3n) is 6.95. The van der Waals surface area contributed by atoms with Crippen molar-refractivity contribution in [1.29, 1.82) is 0 Å². The van der Waals surface area contributed by atoms with E-state index in [1.807, 2.05) is 37.3 Å². The molecular weight excluding hydrogens is 613 g/mol. The number of hydrogen-bond donors (Lipinski definition) is 1. The number of amides is 2. The molecule has 43 heavy (non-hydrogen) atoms. The maximum atomic E-state index is 13.9. The van der Waals surface area contributed by atoms with Gasteiger partial charge >= 0.3 is 0 Å². The predicted molar refractivity (Wildman–Crippen MR) is 168 cm³/mol. The highest BCUT2D eigenvalue weighted by molar-refractivity contribution is 7.92. The molecule has 0 aliphatic carbocycles. The number of sulfonamides is 1. The number of anilines is 1. The average Bonchev–Trinajstić information content (AvgIpc) is 3.45. The zero-order chi connectivity index (χ0) is 31.0. The Morgan fingerprint density at radius 1 is 0.953 bits per heavy atom. The van der Waals surface area contributed by atoms with Gasteiger partial charge in [0.1, 0.15) is 6.04 Å². The number of carbonyl (C=O) groups is 2. The van der Waals surface area contributed by atoms with Crippen LogP contribution in [0.4, 0.5) is 5.69 Å². The van der Waals surface area contributed by atoms with Gasteiger partial charge in [-0.25, -0.2) is 8.42 Å². The quantitative estimate of drug-likeness (QED) is 0.250. The number of nitrogens with one attached hydrogen (secondary N) is 1. The van der Waals surface area contributed by atoms with Gasteiger partial charge in [-0.1, -0.05) is 66.5 Å². The lowest BCUT2D eigenvalue weighted by Crippen LogP contribution is -2.50. The van der Waals surface area contributed by atoms with Crippen molar-refractivity contribution in [2.24, 2.45) is 0 Å². The van der Waals surface area contributed by atoms with Crippen molar-refractivity contribution < 1.29 is 27.5 Å². The Bertz CT molecular complexity index is 1540. The zero-order valence-corrected chi connectivity index (χ0v) is 26.4. The summed E-state index contributed by atoms with van der Waals surface area (Å²) in [5.74, 6) is 0.433. The molecular formula is C31H35Cl2N3O6S. The molecule has 1 aliphatic rings. The van der Waals surface area contributed by atoms with Gasteiger partial charge in [-0.05, 0) is 48.2 Å². The molecule has 0 spiro atoms. The molecule has 4 rings (SSSR count). The lowest BCUT2D eigenvalue weighted by atomic mass is 10.0. The van der Waals surface area contributed by atoms with Gasteiger partial charge in [-0.3, -0.25) is 13.9 Å². The molecule has 1 heterocycles. The fourth-order valence-corrected chi connectivity index (χ4v) is 6.08. The molecule has 0 fully saturated rings. The molecule has 1 N–H and O–H groups in total. The summed E-state index contributed by atoms with van der Waals surface area (Å²) in [6.07, 6.45) is 2.38. The van der Waals surface area contributed by atoms with Crippen LogP contribution in [0, 0.1) is 0 Å². The van der Waals surface area contributed by atoms with Gasteiger partial charge < -0.3 is 19.7 Å².